The molecule has 14 heavy (non-hydrogen) atoms. The lowest BCUT2D eigenvalue weighted by atomic mass is 10.00. The van der Waals surface area contributed by atoms with Crippen LogP contribution in [0.4, 0.5) is 0 Å². The van der Waals surface area contributed by atoms with Crippen LogP contribution in [0.2, 0.25) is 0 Å². The van der Waals surface area contributed by atoms with Crippen molar-refractivity contribution in [2.24, 2.45) is 0 Å². The average Bonchev–Trinajstić information content (AvgIpc) is 2.00. The van der Waals surface area contributed by atoms with Gasteiger partial charge >= 0.3 is 0 Å². The van der Waals surface area contributed by atoms with Crippen LogP contribution < -0.4 is 0 Å². The second-order valence-electron chi connectivity index (χ2n) is 3.57. The summed E-state index contributed by atoms with van der Waals surface area (Å²) in [7, 11) is -3.28. The fraction of sp³-hybridized carbons (Fsp3) is 0.400. The minimum atomic E-state index is -3.28. The standard InChI is InChI=1S/C10H12O3S/c11-9-6-1-2-7-10(9)14(12,13)8-4-3-5-8/h1-2,6-8,11H,3-5H2. The van der Waals surface area contributed by atoms with Crippen LogP contribution in [-0.4, -0.2) is 18.8 Å². The summed E-state index contributed by atoms with van der Waals surface area (Å²) in [5.74, 6) is -0.139. The van der Waals surface area contributed by atoms with Crippen molar-refractivity contribution in [3.63, 3.8) is 0 Å². The molecule has 0 radical (unpaired) electrons. The maximum Gasteiger partial charge on any atom is 0.184 e. The molecule has 0 amide bonds. The van der Waals surface area contributed by atoms with Crippen molar-refractivity contribution in [2.45, 2.75) is 29.4 Å². The first-order chi connectivity index (χ1) is 6.62. The van der Waals surface area contributed by atoms with Gasteiger partial charge in [-0.2, -0.15) is 0 Å². The summed E-state index contributed by atoms with van der Waals surface area (Å²) < 4.78 is 23.8. The van der Waals surface area contributed by atoms with Gasteiger partial charge in [0.05, 0.1) is 5.25 Å². The van der Waals surface area contributed by atoms with E-state index in [2.05, 4.69) is 0 Å². The summed E-state index contributed by atoms with van der Waals surface area (Å²) in [6.45, 7) is 0. The largest absolute Gasteiger partial charge is 0.507 e. The van der Waals surface area contributed by atoms with Gasteiger partial charge in [0.1, 0.15) is 10.6 Å². The number of rotatable bonds is 2. The number of hydrogen-bond acceptors (Lipinski definition) is 3. The molecule has 0 bridgehead atoms. The molecule has 1 aromatic rings. The molecule has 0 unspecified atom stereocenters. The Hall–Kier alpha value is -1.03. The normalized spacial score (nSPS) is 17.7. The lowest BCUT2D eigenvalue weighted by Gasteiger charge is -2.25. The van der Waals surface area contributed by atoms with E-state index in [1.165, 1.54) is 12.1 Å². The van der Waals surface area contributed by atoms with Gasteiger partial charge in [-0.1, -0.05) is 18.6 Å². The molecule has 2 rings (SSSR count). The number of benzene rings is 1. The lowest BCUT2D eigenvalue weighted by molar-refractivity contribution is 0.448. The molecular weight excluding hydrogens is 200 g/mol. The Morgan fingerprint density at radius 2 is 1.86 bits per heavy atom. The summed E-state index contributed by atoms with van der Waals surface area (Å²) >= 11 is 0. The molecule has 0 heterocycles. The molecule has 0 saturated heterocycles. The second kappa shape index (κ2) is 3.28. The van der Waals surface area contributed by atoms with Crippen LogP contribution in [0.1, 0.15) is 19.3 Å². The third-order valence-corrected chi connectivity index (χ3v) is 4.97. The van der Waals surface area contributed by atoms with Crippen molar-refractivity contribution >= 4 is 9.84 Å². The van der Waals surface area contributed by atoms with Crippen molar-refractivity contribution in [1.29, 1.82) is 0 Å². The zero-order chi connectivity index (χ0) is 10.2. The number of phenolic OH excluding ortho intramolecular Hbond substituents is 1. The molecule has 0 spiro atoms. The van der Waals surface area contributed by atoms with Gasteiger partial charge in [0.25, 0.3) is 0 Å². The first-order valence-corrected chi connectivity index (χ1v) is 6.19. The summed E-state index contributed by atoms with van der Waals surface area (Å²) in [6.07, 6.45) is 2.41. The Kier molecular flexibility index (Phi) is 2.23. The third-order valence-electron chi connectivity index (χ3n) is 2.66. The van der Waals surface area contributed by atoms with Gasteiger partial charge in [-0.3, -0.25) is 0 Å². The minimum absolute atomic E-state index is 0.0738. The number of hydrogen-bond donors (Lipinski definition) is 1. The van der Waals surface area contributed by atoms with Crippen LogP contribution in [-0.2, 0) is 9.84 Å². The molecule has 1 saturated carbocycles. The summed E-state index contributed by atoms with van der Waals surface area (Å²) in [4.78, 5) is 0.0738. The molecule has 0 atom stereocenters. The third kappa shape index (κ3) is 1.39. The molecule has 1 aliphatic carbocycles. The Morgan fingerprint density at radius 1 is 1.21 bits per heavy atom. The molecule has 4 heteroatoms. The van der Waals surface area contributed by atoms with Gasteiger partial charge in [0, 0.05) is 0 Å². The SMILES string of the molecule is O=S(=O)(c1ccccc1O)C1CCC1. The van der Waals surface area contributed by atoms with Crippen LogP contribution in [0.25, 0.3) is 0 Å². The van der Waals surface area contributed by atoms with E-state index in [0.29, 0.717) is 0 Å². The highest BCUT2D eigenvalue weighted by molar-refractivity contribution is 7.92. The van der Waals surface area contributed by atoms with Crippen LogP contribution in [0.15, 0.2) is 29.2 Å². The zero-order valence-electron chi connectivity index (χ0n) is 7.68. The molecule has 3 nitrogen and oxygen atoms in total. The van der Waals surface area contributed by atoms with E-state index < -0.39 is 9.84 Å². The van der Waals surface area contributed by atoms with E-state index in [1.54, 1.807) is 12.1 Å². The van der Waals surface area contributed by atoms with Gasteiger partial charge in [-0.15, -0.1) is 0 Å². The van der Waals surface area contributed by atoms with E-state index in [9.17, 15) is 13.5 Å². The topological polar surface area (TPSA) is 54.4 Å². The van der Waals surface area contributed by atoms with Crippen molar-refractivity contribution in [2.75, 3.05) is 0 Å². The van der Waals surface area contributed by atoms with E-state index in [1.807, 2.05) is 0 Å². The first kappa shape index (κ1) is 9.52. The quantitative estimate of drug-likeness (QED) is 0.812. The molecule has 0 aliphatic heterocycles. The summed E-state index contributed by atoms with van der Waals surface area (Å²) in [5.41, 5.74) is 0. The highest BCUT2D eigenvalue weighted by Gasteiger charge is 2.33. The lowest BCUT2D eigenvalue weighted by Crippen LogP contribution is -2.28. The maximum absolute atomic E-state index is 11.9. The van der Waals surface area contributed by atoms with Crippen molar-refractivity contribution in [3.05, 3.63) is 24.3 Å². The van der Waals surface area contributed by atoms with Crippen LogP contribution in [0.5, 0.6) is 5.75 Å². The molecule has 76 valence electrons. The fourth-order valence-electron chi connectivity index (χ4n) is 1.56. The van der Waals surface area contributed by atoms with E-state index in [0.717, 1.165) is 19.3 Å². The van der Waals surface area contributed by atoms with Crippen molar-refractivity contribution in [3.8, 4) is 5.75 Å². The van der Waals surface area contributed by atoms with Crippen LogP contribution >= 0.6 is 0 Å². The molecule has 0 aromatic heterocycles. The zero-order valence-corrected chi connectivity index (χ0v) is 8.50. The van der Waals surface area contributed by atoms with Crippen molar-refractivity contribution < 1.29 is 13.5 Å². The maximum atomic E-state index is 11.9. The molecule has 1 aliphatic rings. The predicted molar refractivity (Wildman–Crippen MR) is 52.9 cm³/mol. The van der Waals surface area contributed by atoms with Gasteiger partial charge in [0.2, 0.25) is 0 Å². The molecule has 1 aromatic carbocycles. The number of sulfone groups is 1. The molecule has 1 N–H and O–H groups in total. The number of para-hydroxylation sites is 1. The number of aromatic hydroxyl groups is 1. The monoisotopic (exact) mass is 212 g/mol. The van der Waals surface area contributed by atoms with Gasteiger partial charge in [-0.25, -0.2) is 8.42 Å². The fourth-order valence-corrected chi connectivity index (χ4v) is 3.50. The van der Waals surface area contributed by atoms with E-state index in [-0.39, 0.29) is 15.9 Å². The minimum Gasteiger partial charge on any atom is -0.507 e. The highest BCUT2D eigenvalue weighted by Crippen LogP contribution is 2.34. The molecule has 1 fully saturated rings. The highest BCUT2D eigenvalue weighted by atomic mass is 32.2. The average molecular weight is 212 g/mol. The number of phenols is 1. The Labute approximate surface area is 83.3 Å². The Morgan fingerprint density at radius 3 is 2.36 bits per heavy atom. The van der Waals surface area contributed by atoms with Gasteiger partial charge < -0.3 is 5.11 Å². The van der Waals surface area contributed by atoms with Gasteiger partial charge in [-0.05, 0) is 25.0 Å². The smallest absolute Gasteiger partial charge is 0.184 e. The van der Waals surface area contributed by atoms with Gasteiger partial charge in [0.15, 0.2) is 9.84 Å². The van der Waals surface area contributed by atoms with Crippen molar-refractivity contribution in [1.82, 2.24) is 0 Å². The van der Waals surface area contributed by atoms with E-state index in [4.69, 9.17) is 0 Å². The Balaban J connectivity index is 2.43. The van der Waals surface area contributed by atoms with Crippen LogP contribution in [0.3, 0.4) is 0 Å². The van der Waals surface area contributed by atoms with E-state index >= 15 is 0 Å². The summed E-state index contributed by atoms with van der Waals surface area (Å²) in [6, 6.07) is 6.12. The Bertz CT molecular complexity index is 432. The first-order valence-electron chi connectivity index (χ1n) is 4.64. The predicted octanol–water partition coefficient (Wildman–Crippen LogP) is 1.72. The second-order valence-corrected chi connectivity index (χ2v) is 5.76. The van der Waals surface area contributed by atoms with Crippen LogP contribution in [0, 0.1) is 0 Å². The summed E-state index contributed by atoms with van der Waals surface area (Å²) in [5, 5.41) is 9.15. The molecular formula is C10H12O3S.